The van der Waals surface area contributed by atoms with Gasteiger partial charge in [0.25, 0.3) is 5.56 Å². The number of benzene rings is 1. The van der Waals surface area contributed by atoms with Crippen LogP contribution in [0.4, 0.5) is 4.39 Å². The van der Waals surface area contributed by atoms with Crippen LogP contribution in [-0.4, -0.2) is 45.6 Å². The van der Waals surface area contributed by atoms with E-state index < -0.39 is 0 Å². The molecule has 1 aliphatic rings. The first-order valence-corrected chi connectivity index (χ1v) is 9.70. The molecule has 4 rings (SSSR count). The molecule has 1 unspecified atom stereocenters. The van der Waals surface area contributed by atoms with E-state index in [-0.39, 0.29) is 17.5 Å². The zero-order chi connectivity index (χ0) is 19.5. The first kappa shape index (κ1) is 18.8. The quantitative estimate of drug-likeness (QED) is 0.628. The van der Waals surface area contributed by atoms with E-state index in [1.807, 2.05) is 30.1 Å². The second kappa shape index (κ2) is 8.24. The third kappa shape index (κ3) is 4.15. The number of nitrogens with zero attached hydrogens (tertiary/aromatic N) is 4. The number of fused-ring (bicyclic) bond motifs is 1. The van der Waals surface area contributed by atoms with Gasteiger partial charge in [-0.05, 0) is 55.6 Å². The van der Waals surface area contributed by atoms with Crippen LogP contribution in [0, 0.1) is 5.82 Å². The van der Waals surface area contributed by atoms with Gasteiger partial charge in [-0.25, -0.2) is 4.39 Å². The van der Waals surface area contributed by atoms with E-state index in [0.29, 0.717) is 24.2 Å². The number of hydrogen-bond acceptors (Lipinski definition) is 4. The molecular weight excluding hydrogens is 359 g/mol. The summed E-state index contributed by atoms with van der Waals surface area (Å²) in [5.74, 6) is -0.336. The minimum atomic E-state index is -0.336. The van der Waals surface area contributed by atoms with E-state index in [1.165, 1.54) is 12.1 Å². The molecule has 1 saturated heterocycles. The van der Waals surface area contributed by atoms with Gasteiger partial charge in [0.05, 0.1) is 24.7 Å². The van der Waals surface area contributed by atoms with Gasteiger partial charge in [0, 0.05) is 37.7 Å². The fourth-order valence-electron chi connectivity index (χ4n) is 3.77. The van der Waals surface area contributed by atoms with E-state index in [9.17, 15) is 9.18 Å². The third-order valence-corrected chi connectivity index (χ3v) is 5.25. The Balaban J connectivity index is 1.61. The van der Waals surface area contributed by atoms with Crippen LogP contribution in [-0.2, 0) is 24.4 Å². The maximum absolute atomic E-state index is 13.8. The number of hydrogen-bond donors (Lipinski definition) is 0. The van der Waals surface area contributed by atoms with Crippen LogP contribution in [0.5, 0.6) is 0 Å². The van der Waals surface area contributed by atoms with Crippen molar-refractivity contribution in [3.05, 3.63) is 64.5 Å². The van der Waals surface area contributed by atoms with E-state index >= 15 is 0 Å². The maximum atomic E-state index is 13.8. The average molecular weight is 384 g/mol. The molecule has 0 saturated carbocycles. The Morgan fingerprint density at radius 3 is 3.00 bits per heavy atom. The van der Waals surface area contributed by atoms with Crippen molar-refractivity contribution in [1.82, 2.24) is 19.2 Å². The fourth-order valence-corrected chi connectivity index (χ4v) is 3.77. The smallest absolute Gasteiger partial charge is 0.255 e. The predicted molar refractivity (Wildman–Crippen MR) is 106 cm³/mol. The van der Waals surface area contributed by atoms with Crippen LogP contribution < -0.4 is 5.56 Å². The van der Waals surface area contributed by atoms with Crippen molar-refractivity contribution in [2.24, 2.45) is 0 Å². The Kier molecular flexibility index (Phi) is 5.54. The molecule has 3 aromatic rings. The van der Waals surface area contributed by atoms with Crippen LogP contribution >= 0.6 is 0 Å². The molecule has 0 spiro atoms. The highest BCUT2D eigenvalue weighted by atomic mass is 19.1. The van der Waals surface area contributed by atoms with Crippen LogP contribution in [0.15, 0.2) is 47.5 Å². The van der Waals surface area contributed by atoms with E-state index in [2.05, 4.69) is 10.00 Å². The average Bonchev–Trinajstić information content (AvgIpc) is 3.38. The molecule has 148 valence electrons. The molecule has 1 atom stereocenters. The van der Waals surface area contributed by atoms with Crippen molar-refractivity contribution in [1.29, 1.82) is 0 Å². The van der Waals surface area contributed by atoms with E-state index in [0.717, 1.165) is 37.9 Å². The molecule has 6 nitrogen and oxygen atoms in total. The molecule has 0 amide bonds. The van der Waals surface area contributed by atoms with Crippen molar-refractivity contribution in [2.75, 3.05) is 20.2 Å². The lowest BCUT2D eigenvalue weighted by Crippen LogP contribution is -2.32. The second-order valence-electron chi connectivity index (χ2n) is 7.43. The standard InChI is InChI=1S/C21H25FN4O2/c1-24(9-10-25-8-3-7-23-25)14-17-12-16-5-6-18(22)13-20(16)26(21(17)27)15-19-4-2-11-28-19/h3,5-8,12-13,19H,2,4,9-11,14-15H2,1H3. The zero-order valence-corrected chi connectivity index (χ0v) is 16.1. The molecule has 3 heterocycles. The van der Waals surface area contributed by atoms with Crippen LogP contribution in [0.25, 0.3) is 10.9 Å². The molecule has 0 N–H and O–H groups in total. The summed E-state index contributed by atoms with van der Waals surface area (Å²) in [6, 6.07) is 8.40. The highest BCUT2D eigenvalue weighted by Crippen LogP contribution is 2.20. The van der Waals surface area contributed by atoms with Gasteiger partial charge in [0.15, 0.2) is 0 Å². The molecule has 1 fully saturated rings. The number of likely N-dealkylation sites (N-methyl/N-ethyl adjacent to an activating group) is 1. The summed E-state index contributed by atoms with van der Waals surface area (Å²) < 4.78 is 23.1. The topological polar surface area (TPSA) is 52.3 Å². The lowest BCUT2D eigenvalue weighted by Gasteiger charge is -2.20. The number of rotatable bonds is 7. The normalized spacial score (nSPS) is 17.0. The number of halogens is 1. The van der Waals surface area contributed by atoms with Crippen molar-refractivity contribution in [2.45, 2.75) is 38.6 Å². The number of ether oxygens (including phenoxy) is 1. The Morgan fingerprint density at radius 1 is 1.36 bits per heavy atom. The minimum Gasteiger partial charge on any atom is -0.376 e. The fraction of sp³-hybridized carbons (Fsp3) is 0.429. The molecular formula is C21H25FN4O2. The first-order chi connectivity index (χ1) is 13.6. The second-order valence-corrected chi connectivity index (χ2v) is 7.43. The summed E-state index contributed by atoms with van der Waals surface area (Å²) in [7, 11) is 1.99. The summed E-state index contributed by atoms with van der Waals surface area (Å²) in [4.78, 5) is 15.3. The lowest BCUT2D eigenvalue weighted by atomic mass is 10.1. The molecule has 0 bridgehead atoms. The highest BCUT2D eigenvalue weighted by Gasteiger charge is 2.19. The predicted octanol–water partition coefficient (Wildman–Crippen LogP) is 2.65. The van der Waals surface area contributed by atoms with Gasteiger partial charge in [-0.2, -0.15) is 5.10 Å². The van der Waals surface area contributed by atoms with E-state index in [4.69, 9.17) is 4.74 Å². The Labute approximate surface area is 163 Å². The molecule has 28 heavy (non-hydrogen) atoms. The summed E-state index contributed by atoms with van der Waals surface area (Å²) in [6.45, 7) is 3.24. The summed E-state index contributed by atoms with van der Waals surface area (Å²) in [6.07, 6.45) is 5.62. The Bertz CT molecular complexity index is 994. The van der Waals surface area contributed by atoms with Crippen molar-refractivity contribution >= 4 is 10.9 Å². The lowest BCUT2D eigenvalue weighted by molar-refractivity contribution is 0.0971. The summed E-state index contributed by atoms with van der Waals surface area (Å²) in [5.41, 5.74) is 1.27. The molecule has 2 aromatic heterocycles. The summed E-state index contributed by atoms with van der Waals surface area (Å²) >= 11 is 0. The van der Waals surface area contributed by atoms with Crippen molar-refractivity contribution in [3.63, 3.8) is 0 Å². The van der Waals surface area contributed by atoms with Gasteiger partial charge in [-0.15, -0.1) is 0 Å². The van der Waals surface area contributed by atoms with E-state index in [1.54, 1.807) is 16.8 Å². The SMILES string of the molecule is CN(CCn1cccn1)Cc1cc2ccc(F)cc2n(CC2CCCO2)c1=O. The van der Waals surface area contributed by atoms with Gasteiger partial charge in [0.2, 0.25) is 0 Å². The molecule has 1 aliphatic heterocycles. The van der Waals surface area contributed by atoms with Gasteiger partial charge >= 0.3 is 0 Å². The third-order valence-electron chi connectivity index (χ3n) is 5.25. The number of aromatic nitrogens is 3. The molecule has 0 radical (unpaired) electrons. The van der Waals surface area contributed by atoms with Crippen molar-refractivity contribution in [3.8, 4) is 0 Å². The molecule has 1 aromatic carbocycles. The highest BCUT2D eigenvalue weighted by molar-refractivity contribution is 5.79. The molecule has 0 aliphatic carbocycles. The van der Waals surface area contributed by atoms with Gasteiger partial charge in [0.1, 0.15) is 5.82 Å². The van der Waals surface area contributed by atoms with Crippen molar-refractivity contribution < 1.29 is 9.13 Å². The molecule has 7 heteroatoms. The van der Waals surface area contributed by atoms with Crippen LogP contribution in [0.1, 0.15) is 18.4 Å². The number of pyridine rings is 1. The van der Waals surface area contributed by atoms with Gasteiger partial charge < -0.3 is 14.2 Å². The first-order valence-electron chi connectivity index (χ1n) is 9.70. The van der Waals surface area contributed by atoms with Crippen LogP contribution in [0.2, 0.25) is 0 Å². The minimum absolute atomic E-state index is 0.0111. The van der Waals surface area contributed by atoms with Crippen LogP contribution in [0.3, 0.4) is 0 Å². The largest absolute Gasteiger partial charge is 0.376 e. The Morgan fingerprint density at radius 2 is 2.25 bits per heavy atom. The monoisotopic (exact) mass is 384 g/mol. The summed E-state index contributed by atoms with van der Waals surface area (Å²) in [5, 5.41) is 5.08. The van der Waals surface area contributed by atoms with Gasteiger partial charge in [-0.3, -0.25) is 9.48 Å². The zero-order valence-electron chi connectivity index (χ0n) is 16.1. The van der Waals surface area contributed by atoms with Gasteiger partial charge in [-0.1, -0.05) is 0 Å². The maximum Gasteiger partial charge on any atom is 0.255 e. The Hall–Kier alpha value is -2.51.